The Morgan fingerprint density at radius 3 is 1.42 bits per heavy atom. The molecule has 4 aliphatic carbocycles. The molecular formula is C16H7F8N2+. The third kappa shape index (κ3) is 2.12. The van der Waals surface area contributed by atoms with Crippen LogP contribution in [0.5, 0.6) is 0 Å². The molecule has 10 heteroatoms. The van der Waals surface area contributed by atoms with Gasteiger partial charge in [-0.1, -0.05) is 30.3 Å². The van der Waals surface area contributed by atoms with E-state index in [0.29, 0.717) is 0 Å². The number of benzene rings is 2. The SMILES string of the molecule is N#[N+]c1cc2ccc1C(F)(F)C(F)(F)c1ccc(cc1)C(F)(F)C2(F)F. The van der Waals surface area contributed by atoms with Crippen LogP contribution >= 0.6 is 0 Å². The molecule has 6 rings (SSSR count). The van der Waals surface area contributed by atoms with Crippen molar-refractivity contribution in [1.29, 1.82) is 5.39 Å². The Bertz CT molecular complexity index is 913. The van der Waals surface area contributed by atoms with Crippen LogP contribution in [0.3, 0.4) is 0 Å². The number of rotatable bonds is 0. The molecule has 0 fully saturated rings. The average Bonchev–Trinajstić information content (AvgIpc) is 2.60. The normalized spacial score (nSPS) is 21.5. The van der Waals surface area contributed by atoms with Crippen molar-refractivity contribution >= 4 is 5.69 Å². The lowest BCUT2D eigenvalue weighted by molar-refractivity contribution is -0.227. The summed E-state index contributed by atoms with van der Waals surface area (Å²) in [5.74, 6) is -19.6. The van der Waals surface area contributed by atoms with Gasteiger partial charge in [-0.3, -0.25) is 0 Å². The fraction of sp³-hybridized carbons (Fsp3) is 0.250. The summed E-state index contributed by atoms with van der Waals surface area (Å²) >= 11 is 0. The van der Waals surface area contributed by atoms with Crippen molar-refractivity contribution in [3.63, 3.8) is 0 Å². The van der Waals surface area contributed by atoms with Crippen molar-refractivity contribution in [1.82, 2.24) is 0 Å². The predicted octanol–water partition coefficient (Wildman–Crippen LogP) is 6.25. The van der Waals surface area contributed by atoms with Gasteiger partial charge < -0.3 is 0 Å². The van der Waals surface area contributed by atoms with Crippen molar-refractivity contribution in [3.05, 3.63) is 69.7 Å². The molecule has 2 nitrogen and oxygen atoms in total. The maximum Gasteiger partial charge on any atom is 0.394 e. The highest BCUT2D eigenvalue weighted by atomic mass is 19.3. The molecule has 2 aromatic rings. The number of nitrogens with zero attached hydrogens (tertiary/aromatic N) is 2. The second-order valence-corrected chi connectivity index (χ2v) is 5.71. The summed E-state index contributed by atoms with van der Waals surface area (Å²) in [5, 5.41) is 8.79. The summed E-state index contributed by atoms with van der Waals surface area (Å²) in [6, 6.07) is 1.29. The van der Waals surface area contributed by atoms with Crippen LogP contribution < -0.4 is 0 Å². The first-order valence-electron chi connectivity index (χ1n) is 6.99. The number of diazo groups is 1. The summed E-state index contributed by atoms with van der Waals surface area (Å²) in [7, 11) is 0. The maximum atomic E-state index is 14.4. The third-order valence-corrected chi connectivity index (χ3v) is 4.20. The number of alkyl halides is 8. The number of hydrogen-bond donors (Lipinski definition) is 0. The second-order valence-electron chi connectivity index (χ2n) is 5.71. The van der Waals surface area contributed by atoms with Gasteiger partial charge in [0.1, 0.15) is 5.56 Å². The van der Waals surface area contributed by atoms with Gasteiger partial charge in [0.05, 0.1) is 0 Å². The lowest BCUT2D eigenvalue weighted by atomic mass is 9.88. The van der Waals surface area contributed by atoms with Gasteiger partial charge in [-0.2, -0.15) is 35.1 Å². The highest BCUT2D eigenvalue weighted by Gasteiger charge is 2.64. The first-order valence-corrected chi connectivity index (χ1v) is 6.99. The molecule has 0 saturated heterocycles. The number of halogens is 8. The van der Waals surface area contributed by atoms with Crippen LogP contribution in [-0.4, -0.2) is 0 Å². The molecule has 0 spiro atoms. The van der Waals surface area contributed by atoms with Gasteiger partial charge in [0.15, 0.2) is 4.98 Å². The van der Waals surface area contributed by atoms with Gasteiger partial charge in [0.2, 0.25) is 5.39 Å². The number of hydrogen-bond acceptors (Lipinski definition) is 1. The molecule has 0 aromatic heterocycles. The minimum absolute atomic E-state index is 0.0289. The van der Waals surface area contributed by atoms with Gasteiger partial charge >= 0.3 is 29.4 Å². The van der Waals surface area contributed by atoms with Crippen LogP contribution in [0.2, 0.25) is 0 Å². The van der Waals surface area contributed by atoms with E-state index < -0.39 is 51.6 Å². The molecular weight excluding hydrogens is 372 g/mol. The standard InChI is InChI=1S/C16H7F8N2/c17-13(18)8-1-3-9(4-2-8)14(19,20)16(23,24)11-6-5-10(15(13,21)22)7-12(11)26-25/h1-7H/q+1. The van der Waals surface area contributed by atoms with Crippen molar-refractivity contribution < 1.29 is 35.1 Å². The Labute approximate surface area is 140 Å². The fourth-order valence-corrected chi connectivity index (χ4v) is 2.68. The molecule has 4 bridgehead atoms. The molecule has 0 saturated carbocycles. The van der Waals surface area contributed by atoms with Crippen molar-refractivity contribution in [2.24, 2.45) is 0 Å². The van der Waals surface area contributed by atoms with E-state index in [-0.39, 0.29) is 42.5 Å². The van der Waals surface area contributed by atoms with Gasteiger partial charge in [-0.15, -0.1) is 0 Å². The van der Waals surface area contributed by atoms with Crippen LogP contribution in [0.4, 0.5) is 40.8 Å². The van der Waals surface area contributed by atoms with Gasteiger partial charge in [-0.25, -0.2) is 0 Å². The lowest BCUT2D eigenvalue weighted by Gasteiger charge is -2.30. The summed E-state index contributed by atoms with van der Waals surface area (Å²) in [5.41, 5.74) is -7.12. The molecule has 2 aromatic carbocycles. The van der Waals surface area contributed by atoms with Gasteiger partial charge in [0.25, 0.3) is 0 Å². The van der Waals surface area contributed by atoms with Crippen molar-refractivity contribution in [2.45, 2.75) is 23.7 Å². The Morgan fingerprint density at radius 1 is 0.577 bits per heavy atom. The fourth-order valence-electron chi connectivity index (χ4n) is 2.68. The smallest absolute Gasteiger partial charge is 0.194 e. The molecule has 0 atom stereocenters. The summed E-state index contributed by atoms with van der Waals surface area (Å²) < 4.78 is 115. The quantitative estimate of drug-likeness (QED) is 0.393. The van der Waals surface area contributed by atoms with Crippen LogP contribution in [0, 0.1) is 5.39 Å². The highest BCUT2D eigenvalue weighted by Crippen LogP contribution is 2.56. The Kier molecular flexibility index (Phi) is 3.59. The van der Waals surface area contributed by atoms with E-state index in [1.165, 1.54) is 0 Å². The molecule has 0 aliphatic heterocycles. The molecule has 0 heterocycles. The van der Waals surface area contributed by atoms with Crippen LogP contribution in [-0.2, 0) is 23.7 Å². The molecule has 0 amide bonds. The van der Waals surface area contributed by atoms with Crippen molar-refractivity contribution in [2.75, 3.05) is 0 Å². The van der Waals surface area contributed by atoms with Crippen LogP contribution in [0.25, 0.3) is 4.98 Å². The molecule has 0 radical (unpaired) electrons. The largest absolute Gasteiger partial charge is 0.394 e. The Morgan fingerprint density at radius 2 is 0.962 bits per heavy atom. The van der Waals surface area contributed by atoms with E-state index >= 15 is 0 Å². The van der Waals surface area contributed by atoms with E-state index in [1.807, 2.05) is 0 Å². The molecule has 0 N–H and O–H groups in total. The first kappa shape index (κ1) is 18.1. The van der Waals surface area contributed by atoms with E-state index in [1.54, 1.807) is 0 Å². The van der Waals surface area contributed by atoms with E-state index in [9.17, 15) is 35.1 Å². The van der Waals surface area contributed by atoms with Gasteiger partial charge in [0, 0.05) is 22.8 Å². The first-order chi connectivity index (χ1) is 11.9. The minimum atomic E-state index is -4.97. The highest BCUT2D eigenvalue weighted by molar-refractivity contribution is 5.58. The summed E-state index contributed by atoms with van der Waals surface area (Å²) in [6.45, 7) is 0. The zero-order valence-electron chi connectivity index (χ0n) is 12.5. The third-order valence-electron chi connectivity index (χ3n) is 4.20. The van der Waals surface area contributed by atoms with Crippen LogP contribution in [0.15, 0.2) is 42.5 Å². The molecule has 4 aliphatic rings. The monoisotopic (exact) mass is 379 g/mol. The lowest BCUT2D eigenvalue weighted by Crippen LogP contribution is -2.38. The van der Waals surface area contributed by atoms with Crippen molar-refractivity contribution in [3.8, 4) is 0 Å². The zero-order chi connectivity index (χ0) is 19.5. The van der Waals surface area contributed by atoms with E-state index in [0.717, 1.165) is 0 Å². The van der Waals surface area contributed by atoms with Gasteiger partial charge in [-0.05, 0) is 6.07 Å². The predicted molar refractivity (Wildman–Crippen MR) is 73.2 cm³/mol. The summed E-state index contributed by atoms with van der Waals surface area (Å²) in [4.78, 5) is 2.30. The molecule has 0 unspecified atom stereocenters. The maximum absolute atomic E-state index is 14.4. The average molecular weight is 379 g/mol. The van der Waals surface area contributed by atoms with E-state index in [2.05, 4.69) is 4.98 Å². The second kappa shape index (κ2) is 5.16. The Balaban J connectivity index is 2.45. The minimum Gasteiger partial charge on any atom is -0.194 e. The molecule has 26 heavy (non-hydrogen) atoms. The molecule has 136 valence electrons. The van der Waals surface area contributed by atoms with E-state index in [4.69, 9.17) is 5.39 Å². The Hall–Kier alpha value is -2.70. The topological polar surface area (TPSA) is 28.1 Å². The zero-order valence-corrected chi connectivity index (χ0v) is 12.5. The van der Waals surface area contributed by atoms with Crippen LogP contribution in [0.1, 0.15) is 22.3 Å². The summed E-state index contributed by atoms with van der Waals surface area (Å²) in [6.07, 6.45) is 0.